The van der Waals surface area contributed by atoms with E-state index in [0.29, 0.717) is 12.3 Å². The Hall–Kier alpha value is -1.03. The molecule has 0 aromatic heterocycles. The van der Waals surface area contributed by atoms with Crippen molar-refractivity contribution in [1.29, 1.82) is 0 Å². The molecule has 0 aliphatic carbocycles. The van der Waals surface area contributed by atoms with E-state index in [9.17, 15) is 18.3 Å². The van der Waals surface area contributed by atoms with E-state index in [2.05, 4.69) is 13.8 Å². The average Bonchev–Trinajstić information content (AvgIpc) is 2.27. The van der Waals surface area contributed by atoms with E-state index in [4.69, 9.17) is 0 Å². The van der Waals surface area contributed by atoms with Crippen LogP contribution in [0.4, 0.5) is 13.2 Å². The summed E-state index contributed by atoms with van der Waals surface area (Å²) in [5.74, 6) is 0.582. The highest BCUT2D eigenvalue weighted by atomic mass is 19.4. The molecular formula is C14H19F3O. The Morgan fingerprint density at radius 2 is 1.67 bits per heavy atom. The van der Waals surface area contributed by atoms with Gasteiger partial charge in [-0.15, -0.1) is 0 Å². The van der Waals surface area contributed by atoms with Crippen molar-refractivity contribution >= 4 is 0 Å². The lowest BCUT2D eigenvalue weighted by Crippen LogP contribution is -2.13. The normalized spacial score (nSPS) is 13.9. The van der Waals surface area contributed by atoms with Crippen LogP contribution >= 0.6 is 0 Å². The lowest BCUT2D eigenvalue weighted by atomic mass is 9.91. The lowest BCUT2D eigenvalue weighted by molar-refractivity contribution is -0.137. The molecule has 0 saturated heterocycles. The Morgan fingerprint density at radius 3 is 2.06 bits per heavy atom. The van der Waals surface area contributed by atoms with Gasteiger partial charge in [0.15, 0.2) is 0 Å². The van der Waals surface area contributed by atoms with Crippen LogP contribution in [0, 0.1) is 11.8 Å². The molecule has 0 spiro atoms. The van der Waals surface area contributed by atoms with Crippen LogP contribution in [0.3, 0.4) is 0 Å². The summed E-state index contributed by atoms with van der Waals surface area (Å²) >= 11 is 0. The molecule has 0 aliphatic rings. The zero-order valence-corrected chi connectivity index (χ0v) is 10.7. The largest absolute Gasteiger partial charge is 0.416 e. The van der Waals surface area contributed by atoms with Gasteiger partial charge >= 0.3 is 6.18 Å². The first kappa shape index (κ1) is 15.0. The Kier molecular flexibility index (Phi) is 5.20. The van der Waals surface area contributed by atoms with Gasteiger partial charge in [-0.2, -0.15) is 13.2 Å². The summed E-state index contributed by atoms with van der Waals surface area (Å²) in [4.78, 5) is 0. The van der Waals surface area contributed by atoms with Crippen LogP contribution in [0.1, 0.15) is 31.4 Å². The van der Waals surface area contributed by atoms with E-state index >= 15 is 0 Å². The maximum Gasteiger partial charge on any atom is 0.416 e. The average molecular weight is 260 g/mol. The van der Waals surface area contributed by atoms with E-state index in [1.165, 1.54) is 12.1 Å². The van der Waals surface area contributed by atoms with Crippen molar-refractivity contribution in [3.63, 3.8) is 0 Å². The number of alkyl halides is 3. The van der Waals surface area contributed by atoms with Crippen LogP contribution in [0.5, 0.6) is 0 Å². The summed E-state index contributed by atoms with van der Waals surface area (Å²) in [5, 5.41) is 9.24. The maximum absolute atomic E-state index is 12.4. The zero-order valence-electron chi connectivity index (χ0n) is 10.7. The molecule has 0 aliphatic heterocycles. The number of benzene rings is 1. The van der Waals surface area contributed by atoms with Crippen LogP contribution in [0.25, 0.3) is 0 Å². The van der Waals surface area contributed by atoms with Gasteiger partial charge in [0, 0.05) is 6.61 Å². The third-order valence-electron chi connectivity index (χ3n) is 2.87. The molecule has 1 rings (SSSR count). The van der Waals surface area contributed by atoms with Crippen LogP contribution in [0.15, 0.2) is 24.3 Å². The van der Waals surface area contributed by atoms with E-state index < -0.39 is 11.7 Å². The molecule has 102 valence electrons. The van der Waals surface area contributed by atoms with Crippen LogP contribution in [-0.4, -0.2) is 11.7 Å². The summed E-state index contributed by atoms with van der Waals surface area (Å²) < 4.78 is 37.1. The predicted octanol–water partition coefficient (Wildman–Crippen LogP) is 3.90. The van der Waals surface area contributed by atoms with Gasteiger partial charge in [0.1, 0.15) is 0 Å². The zero-order chi connectivity index (χ0) is 13.8. The molecule has 4 heteroatoms. The number of rotatable bonds is 5. The number of halogens is 3. The van der Waals surface area contributed by atoms with Crippen LogP contribution in [0.2, 0.25) is 0 Å². The van der Waals surface area contributed by atoms with Gasteiger partial charge in [-0.05, 0) is 42.4 Å². The van der Waals surface area contributed by atoms with Crippen molar-refractivity contribution in [1.82, 2.24) is 0 Å². The minimum absolute atomic E-state index is 0.0687. The molecule has 1 nitrogen and oxygen atoms in total. The quantitative estimate of drug-likeness (QED) is 0.851. The lowest BCUT2D eigenvalue weighted by Gasteiger charge is -2.16. The molecule has 18 heavy (non-hydrogen) atoms. The summed E-state index contributed by atoms with van der Waals surface area (Å²) in [6.07, 6.45) is -2.79. The Labute approximate surface area is 106 Å². The summed E-state index contributed by atoms with van der Waals surface area (Å²) in [5.41, 5.74) is 0.207. The second-order valence-corrected chi connectivity index (χ2v) is 5.08. The van der Waals surface area contributed by atoms with E-state index in [0.717, 1.165) is 24.1 Å². The highest BCUT2D eigenvalue weighted by molar-refractivity contribution is 5.24. The van der Waals surface area contributed by atoms with Gasteiger partial charge in [0.2, 0.25) is 0 Å². The van der Waals surface area contributed by atoms with E-state index in [1.807, 2.05) is 0 Å². The number of aliphatic hydroxyl groups is 1. The second-order valence-electron chi connectivity index (χ2n) is 5.08. The van der Waals surface area contributed by atoms with Crippen molar-refractivity contribution in [2.24, 2.45) is 11.8 Å². The predicted molar refractivity (Wildman–Crippen MR) is 65.2 cm³/mol. The summed E-state index contributed by atoms with van der Waals surface area (Å²) in [6, 6.07) is 5.18. The monoisotopic (exact) mass is 260 g/mol. The fourth-order valence-electron chi connectivity index (χ4n) is 2.05. The highest BCUT2D eigenvalue weighted by Gasteiger charge is 2.29. The van der Waals surface area contributed by atoms with Crippen molar-refractivity contribution in [2.45, 2.75) is 32.9 Å². The molecule has 1 aromatic carbocycles. The minimum Gasteiger partial charge on any atom is -0.396 e. The van der Waals surface area contributed by atoms with Gasteiger partial charge in [-0.3, -0.25) is 0 Å². The Morgan fingerprint density at radius 1 is 1.11 bits per heavy atom. The maximum atomic E-state index is 12.4. The molecule has 1 N–H and O–H groups in total. The van der Waals surface area contributed by atoms with Gasteiger partial charge in [-0.1, -0.05) is 26.0 Å². The van der Waals surface area contributed by atoms with Gasteiger partial charge in [0.25, 0.3) is 0 Å². The van der Waals surface area contributed by atoms with E-state index in [-0.39, 0.29) is 12.5 Å². The molecule has 1 unspecified atom stereocenters. The third-order valence-corrected chi connectivity index (χ3v) is 2.87. The number of aliphatic hydroxyl groups excluding tert-OH is 1. The smallest absolute Gasteiger partial charge is 0.396 e. The number of hydrogen-bond donors (Lipinski definition) is 1. The summed E-state index contributed by atoms with van der Waals surface area (Å²) in [7, 11) is 0. The number of hydrogen-bond acceptors (Lipinski definition) is 1. The van der Waals surface area contributed by atoms with Gasteiger partial charge in [-0.25, -0.2) is 0 Å². The minimum atomic E-state index is -4.28. The standard InChI is InChI=1S/C14H19F3O/c1-10(2)7-12(9-18)8-11-3-5-13(6-4-11)14(15,16)17/h3-6,10,12,18H,7-9H2,1-2H3. The molecular weight excluding hydrogens is 241 g/mol. The molecule has 0 radical (unpaired) electrons. The van der Waals surface area contributed by atoms with Crippen molar-refractivity contribution in [3.8, 4) is 0 Å². The molecule has 1 aromatic rings. The third kappa shape index (κ3) is 4.69. The first-order chi connectivity index (χ1) is 8.32. The fraction of sp³-hybridized carbons (Fsp3) is 0.571. The summed E-state index contributed by atoms with van der Waals surface area (Å²) in [6.45, 7) is 4.20. The van der Waals surface area contributed by atoms with Crippen LogP contribution in [-0.2, 0) is 12.6 Å². The first-order valence-corrected chi connectivity index (χ1v) is 6.10. The topological polar surface area (TPSA) is 20.2 Å². The molecule has 1 atom stereocenters. The Bertz CT molecular complexity index is 354. The van der Waals surface area contributed by atoms with Gasteiger partial charge < -0.3 is 5.11 Å². The van der Waals surface area contributed by atoms with Crippen molar-refractivity contribution < 1.29 is 18.3 Å². The second kappa shape index (κ2) is 6.23. The SMILES string of the molecule is CC(C)CC(CO)Cc1ccc(C(F)(F)F)cc1. The van der Waals surface area contributed by atoms with Crippen LogP contribution < -0.4 is 0 Å². The Balaban J connectivity index is 2.68. The van der Waals surface area contributed by atoms with Gasteiger partial charge in [0.05, 0.1) is 5.56 Å². The highest BCUT2D eigenvalue weighted by Crippen LogP contribution is 2.29. The molecule has 0 fully saturated rings. The van der Waals surface area contributed by atoms with Crippen molar-refractivity contribution in [2.75, 3.05) is 6.61 Å². The molecule has 0 bridgehead atoms. The molecule has 0 amide bonds. The fourth-order valence-corrected chi connectivity index (χ4v) is 2.05. The first-order valence-electron chi connectivity index (χ1n) is 6.10. The van der Waals surface area contributed by atoms with Crippen molar-refractivity contribution in [3.05, 3.63) is 35.4 Å². The molecule has 0 saturated carbocycles. The van der Waals surface area contributed by atoms with E-state index in [1.54, 1.807) is 0 Å². The molecule has 0 heterocycles.